The van der Waals surface area contributed by atoms with Crippen LogP contribution in [0.15, 0.2) is 30.5 Å². The Labute approximate surface area is 221 Å². The van der Waals surface area contributed by atoms with Gasteiger partial charge in [-0.2, -0.15) is 5.10 Å². The molecule has 4 rings (SSSR count). The third kappa shape index (κ3) is 6.69. The topological polar surface area (TPSA) is 128 Å². The number of carbonyl (C=O) groups is 1. The van der Waals surface area contributed by atoms with Crippen LogP contribution < -0.4 is 14.8 Å². The number of fused-ring (bicyclic) bond motifs is 1. The highest BCUT2D eigenvalue weighted by Crippen LogP contribution is 2.31. The molecule has 1 aliphatic rings. The highest BCUT2D eigenvalue weighted by molar-refractivity contribution is 7.92. The number of halogens is 1. The molecular weight excluding hydrogens is 520 g/mol. The van der Waals surface area contributed by atoms with E-state index in [1.807, 2.05) is 0 Å². The van der Waals surface area contributed by atoms with Crippen LogP contribution in [0.2, 0.25) is 5.15 Å². The molecule has 13 heteroatoms. The third-order valence-electron chi connectivity index (χ3n) is 5.94. The summed E-state index contributed by atoms with van der Waals surface area (Å²) in [5.74, 6) is 0.0568. The minimum atomic E-state index is -3.47. The van der Waals surface area contributed by atoms with Crippen molar-refractivity contribution in [1.82, 2.24) is 25.0 Å². The van der Waals surface area contributed by atoms with Crippen molar-refractivity contribution >= 4 is 44.1 Å². The molecule has 2 aromatic heterocycles. The van der Waals surface area contributed by atoms with E-state index >= 15 is 0 Å². The third-order valence-corrected chi connectivity index (χ3v) is 7.64. The number of pyridine rings is 1. The number of sulfonamides is 1. The summed E-state index contributed by atoms with van der Waals surface area (Å²) < 4.78 is 39.4. The van der Waals surface area contributed by atoms with Crippen molar-refractivity contribution in [2.24, 2.45) is 0 Å². The van der Waals surface area contributed by atoms with Crippen molar-refractivity contribution in [3.05, 3.63) is 41.3 Å². The SMILES string of the molecule is CCCS(=O)(=O)Nc1ccc(-n2nc(C(=O)NCCCN3CCOCC3)c3cnc(Cl)cc32)c(OC)c1. The lowest BCUT2D eigenvalue weighted by Gasteiger charge is -2.26. The Morgan fingerprint density at radius 2 is 2.03 bits per heavy atom. The second kappa shape index (κ2) is 12.1. The first kappa shape index (κ1) is 27.1. The predicted octanol–water partition coefficient (Wildman–Crippen LogP) is 2.69. The molecule has 0 aliphatic carbocycles. The van der Waals surface area contributed by atoms with Crippen LogP contribution in [-0.4, -0.2) is 86.2 Å². The number of aromatic nitrogens is 3. The Kier molecular flexibility index (Phi) is 8.85. The van der Waals surface area contributed by atoms with E-state index in [-0.39, 0.29) is 22.5 Å². The van der Waals surface area contributed by atoms with Gasteiger partial charge >= 0.3 is 0 Å². The number of anilines is 1. The van der Waals surface area contributed by atoms with Gasteiger partial charge < -0.3 is 14.8 Å². The fraction of sp³-hybridized carbons (Fsp3) is 0.458. The van der Waals surface area contributed by atoms with Crippen LogP contribution in [0.5, 0.6) is 5.75 Å². The summed E-state index contributed by atoms with van der Waals surface area (Å²) in [5.41, 5.74) is 1.65. The average Bonchev–Trinajstić information content (AvgIpc) is 3.25. The minimum absolute atomic E-state index is 0.0112. The lowest BCUT2D eigenvalue weighted by Crippen LogP contribution is -2.38. The lowest BCUT2D eigenvalue weighted by atomic mass is 10.2. The summed E-state index contributed by atoms with van der Waals surface area (Å²) in [6.07, 6.45) is 2.82. The van der Waals surface area contributed by atoms with Crippen molar-refractivity contribution in [1.29, 1.82) is 0 Å². The van der Waals surface area contributed by atoms with Crippen LogP contribution in [0.1, 0.15) is 30.3 Å². The molecule has 200 valence electrons. The molecule has 0 saturated carbocycles. The molecule has 1 amide bonds. The van der Waals surface area contributed by atoms with Crippen LogP contribution in [0.25, 0.3) is 16.6 Å². The van der Waals surface area contributed by atoms with E-state index in [9.17, 15) is 13.2 Å². The molecule has 0 bridgehead atoms. The molecule has 0 atom stereocenters. The molecule has 11 nitrogen and oxygen atoms in total. The van der Waals surface area contributed by atoms with Gasteiger partial charge in [0.15, 0.2) is 5.69 Å². The number of methoxy groups -OCH3 is 1. The Morgan fingerprint density at radius 3 is 2.76 bits per heavy atom. The zero-order chi connectivity index (χ0) is 26.4. The number of amides is 1. The molecule has 1 fully saturated rings. The number of carbonyl (C=O) groups excluding carboxylic acids is 1. The molecule has 37 heavy (non-hydrogen) atoms. The van der Waals surface area contributed by atoms with Crippen LogP contribution in [-0.2, 0) is 14.8 Å². The van der Waals surface area contributed by atoms with Crippen LogP contribution in [0.3, 0.4) is 0 Å². The van der Waals surface area contributed by atoms with E-state index in [4.69, 9.17) is 21.1 Å². The maximum Gasteiger partial charge on any atom is 0.272 e. The molecule has 0 radical (unpaired) electrons. The van der Waals surface area contributed by atoms with Gasteiger partial charge in [-0.3, -0.25) is 14.4 Å². The van der Waals surface area contributed by atoms with Gasteiger partial charge in [-0.25, -0.2) is 18.1 Å². The zero-order valence-electron chi connectivity index (χ0n) is 20.9. The van der Waals surface area contributed by atoms with Crippen molar-refractivity contribution < 1.29 is 22.7 Å². The molecule has 1 aliphatic heterocycles. The first-order valence-electron chi connectivity index (χ1n) is 12.1. The summed E-state index contributed by atoms with van der Waals surface area (Å²) >= 11 is 6.17. The van der Waals surface area contributed by atoms with Gasteiger partial charge in [-0.1, -0.05) is 18.5 Å². The molecular formula is C24H31ClN6O5S. The van der Waals surface area contributed by atoms with E-state index < -0.39 is 10.0 Å². The number of hydrogen-bond acceptors (Lipinski definition) is 8. The summed E-state index contributed by atoms with van der Waals surface area (Å²) in [5, 5.41) is 8.29. The van der Waals surface area contributed by atoms with E-state index in [2.05, 4.69) is 25.0 Å². The zero-order valence-corrected chi connectivity index (χ0v) is 22.4. The molecule has 2 N–H and O–H groups in total. The monoisotopic (exact) mass is 550 g/mol. The number of ether oxygens (including phenoxy) is 2. The maximum atomic E-state index is 13.1. The molecule has 1 saturated heterocycles. The van der Waals surface area contributed by atoms with Gasteiger partial charge in [-0.05, 0) is 31.5 Å². The standard InChI is InChI=1S/C24H31ClN6O5S/c1-3-13-37(33,34)29-17-5-6-19(21(14-17)35-2)31-20-15-22(25)27-16-18(20)23(28-31)24(32)26-7-4-8-30-9-11-36-12-10-30/h5-6,14-16,29H,3-4,7-13H2,1-2H3,(H,26,32). The van der Waals surface area contributed by atoms with Crippen LogP contribution in [0, 0.1) is 0 Å². The highest BCUT2D eigenvalue weighted by Gasteiger charge is 2.21. The van der Waals surface area contributed by atoms with Gasteiger partial charge in [0.1, 0.15) is 16.6 Å². The summed E-state index contributed by atoms with van der Waals surface area (Å²) in [6.45, 7) is 6.44. The van der Waals surface area contributed by atoms with Crippen LogP contribution >= 0.6 is 11.6 Å². The molecule has 0 unspecified atom stereocenters. The number of benzene rings is 1. The van der Waals surface area contributed by atoms with E-state index in [1.165, 1.54) is 13.3 Å². The Hall–Kier alpha value is -2.93. The summed E-state index contributed by atoms with van der Waals surface area (Å²) in [4.78, 5) is 19.5. The molecule has 3 aromatic rings. The quantitative estimate of drug-likeness (QED) is 0.275. The number of morpholine rings is 1. The lowest BCUT2D eigenvalue weighted by molar-refractivity contribution is 0.0374. The normalized spacial score (nSPS) is 14.6. The van der Waals surface area contributed by atoms with Crippen molar-refractivity contribution in [2.45, 2.75) is 19.8 Å². The van der Waals surface area contributed by atoms with Gasteiger partial charge in [0.2, 0.25) is 10.0 Å². The Bertz CT molecular complexity index is 1360. The van der Waals surface area contributed by atoms with E-state index in [0.29, 0.717) is 41.0 Å². The average molecular weight is 551 g/mol. The van der Waals surface area contributed by atoms with E-state index in [1.54, 1.807) is 35.9 Å². The fourth-order valence-electron chi connectivity index (χ4n) is 4.17. The Balaban J connectivity index is 1.58. The van der Waals surface area contributed by atoms with Gasteiger partial charge in [0.05, 0.1) is 42.7 Å². The van der Waals surface area contributed by atoms with Gasteiger partial charge in [-0.15, -0.1) is 0 Å². The number of hydrogen-bond donors (Lipinski definition) is 2. The first-order chi connectivity index (χ1) is 17.8. The predicted molar refractivity (Wildman–Crippen MR) is 142 cm³/mol. The van der Waals surface area contributed by atoms with Crippen molar-refractivity contribution in [2.75, 3.05) is 57.0 Å². The van der Waals surface area contributed by atoms with Crippen molar-refractivity contribution in [3.63, 3.8) is 0 Å². The molecule has 3 heterocycles. The summed E-state index contributed by atoms with van der Waals surface area (Å²) in [6, 6.07) is 6.49. The van der Waals surface area contributed by atoms with Crippen molar-refractivity contribution in [3.8, 4) is 11.4 Å². The van der Waals surface area contributed by atoms with Crippen LogP contribution in [0.4, 0.5) is 5.69 Å². The number of rotatable bonds is 11. The Morgan fingerprint density at radius 1 is 1.24 bits per heavy atom. The van der Waals surface area contributed by atoms with Gasteiger partial charge in [0, 0.05) is 38.0 Å². The minimum Gasteiger partial charge on any atom is -0.494 e. The summed E-state index contributed by atoms with van der Waals surface area (Å²) in [7, 11) is -1.99. The molecule has 1 aromatic carbocycles. The largest absolute Gasteiger partial charge is 0.494 e. The second-order valence-corrected chi connectivity index (χ2v) is 10.9. The molecule has 0 spiro atoms. The van der Waals surface area contributed by atoms with E-state index in [0.717, 1.165) is 39.3 Å². The fourth-order valence-corrected chi connectivity index (χ4v) is 5.44. The smallest absolute Gasteiger partial charge is 0.272 e. The second-order valence-electron chi connectivity index (χ2n) is 8.66. The van der Waals surface area contributed by atoms with Gasteiger partial charge in [0.25, 0.3) is 5.91 Å². The number of nitrogens with zero attached hydrogens (tertiary/aromatic N) is 4. The highest BCUT2D eigenvalue weighted by atomic mass is 35.5. The maximum absolute atomic E-state index is 13.1. The first-order valence-corrected chi connectivity index (χ1v) is 14.2. The number of nitrogens with one attached hydrogen (secondary N) is 2.